The van der Waals surface area contributed by atoms with E-state index >= 15 is 0 Å². The number of nitrogens with one attached hydrogen (secondary N) is 2. The van der Waals surface area contributed by atoms with Crippen molar-refractivity contribution in [3.05, 3.63) is 53.7 Å². The summed E-state index contributed by atoms with van der Waals surface area (Å²) in [7, 11) is 0. The van der Waals surface area contributed by atoms with E-state index in [1.54, 1.807) is 40.7 Å². The molecule has 2 heterocycles. The first-order valence-electron chi connectivity index (χ1n) is 12.1. The number of rotatable bonds is 5. The Morgan fingerprint density at radius 1 is 1.08 bits per heavy atom. The fourth-order valence-electron chi connectivity index (χ4n) is 4.26. The largest absolute Gasteiger partial charge is 0.444 e. The maximum absolute atomic E-state index is 13.3. The molecule has 2 unspecified atom stereocenters. The van der Waals surface area contributed by atoms with E-state index < -0.39 is 23.5 Å². The second-order valence-corrected chi connectivity index (χ2v) is 9.95. The smallest absolute Gasteiger partial charge is 0.413 e. The van der Waals surface area contributed by atoms with Crippen molar-refractivity contribution in [2.45, 2.75) is 65.5 Å². The Bertz CT molecular complexity index is 1130. The summed E-state index contributed by atoms with van der Waals surface area (Å²) in [6.07, 6.45) is 2.39. The van der Waals surface area contributed by atoms with Gasteiger partial charge in [-0.25, -0.2) is 9.78 Å². The summed E-state index contributed by atoms with van der Waals surface area (Å²) < 4.78 is 5.24. The summed E-state index contributed by atoms with van der Waals surface area (Å²) in [6.45, 7) is 9.00. The van der Waals surface area contributed by atoms with Crippen LogP contribution in [0.4, 0.5) is 16.3 Å². The van der Waals surface area contributed by atoms with Crippen LogP contribution in [-0.2, 0) is 19.1 Å². The first-order chi connectivity index (χ1) is 17.0. The molecule has 2 aromatic rings. The Kier molecular flexibility index (Phi) is 8.45. The Balaban J connectivity index is 1.73. The van der Waals surface area contributed by atoms with Gasteiger partial charge in [0.1, 0.15) is 17.2 Å². The topological polar surface area (TPSA) is 118 Å². The van der Waals surface area contributed by atoms with Crippen LogP contribution in [0.25, 0.3) is 0 Å². The minimum absolute atomic E-state index is 0.0904. The fourth-order valence-corrected chi connectivity index (χ4v) is 4.26. The molecule has 0 radical (unpaired) electrons. The Labute approximate surface area is 211 Å². The zero-order valence-corrected chi connectivity index (χ0v) is 21.5. The van der Waals surface area contributed by atoms with E-state index in [0.29, 0.717) is 30.5 Å². The van der Waals surface area contributed by atoms with E-state index in [2.05, 4.69) is 15.6 Å². The normalized spacial score (nSPS) is 17.8. The molecule has 2 atom stereocenters. The molecule has 0 bridgehead atoms. The molecule has 1 aromatic carbocycles. The second-order valence-electron chi connectivity index (χ2n) is 9.95. The van der Waals surface area contributed by atoms with Crippen LogP contribution in [0.5, 0.6) is 0 Å². The number of ketones is 1. The molecule has 1 saturated heterocycles. The number of benzene rings is 1. The highest BCUT2D eigenvalue weighted by Crippen LogP contribution is 2.34. The standard InChI is InChI=1S/C27H34N4O5/c1-6-22(32)19-12-13-21(18-10-8-7-9-11-18)31(16-19)25(34)24(33)29-20-14-17(2)23(28-15-20)30-26(35)36-27(3,4)5/h7-11,14-15,19,21H,6,12-13,16H2,1-5H3,(H,29,33)(H,28,30,35). The molecule has 0 saturated carbocycles. The number of anilines is 2. The molecule has 1 aliphatic rings. The average Bonchev–Trinajstić information content (AvgIpc) is 2.83. The SMILES string of the molecule is CCC(=O)C1CCC(c2ccccc2)N(C(=O)C(=O)Nc2cnc(NC(=O)OC(C)(C)C)c(C)c2)C1. The number of hydrogen-bond acceptors (Lipinski definition) is 6. The van der Waals surface area contributed by atoms with Gasteiger partial charge in [-0.1, -0.05) is 37.3 Å². The molecule has 36 heavy (non-hydrogen) atoms. The number of amides is 3. The predicted molar refractivity (Wildman–Crippen MR) is 136 cm³/mol. The van der Waals surface area contributed by atoms with Crippen molar-refractivity contribution in [2.24, 2.45) is 5.92 Å². The van der Waals surface area contributed by atoms with E-state index in [1.807, 2.05) is 30.3 Å². The molecule has 9 heteroatoms. The van der Waals surface area contributed by atoms with E-state index in [4.69, 9.17) is 4.74 Å². The number of piperidine rings is 1. The summed E-state index contributed by atoms with van der Waals surface area (Å²) in [5.74, 6) is -1.42. The molecule has 3 rings (SSSR count). The van der Waals surface area contributed by atoms with Gasteiger partial charge in [-0.2, -0.15) is 0 Å². The lowest BCUT2D eigenvalue weighted by Gasteiger charge is -2.39. The van der Waals surface area contributed by atoms with Crippen LogP contribution in [-0.4, -0.2) is 45.7 Å². The molecule has 2 N–H and O–H groups in total. The van der Waals surface area contributed by atoms with Crippen molar-refractivity contribution in [1.29, 1.82) is 0 Å². The number of carbonyl (C=O) groups is 4. The molecular formula is C27H34N4O5. The van der Waals surface area contributed by atoms with Crippen LogP contribution in [0.1, 0.15) is 64.1 Å². The van der Waals surface area contributed by atoms with Gasteiger partial charge in [0.15, 0.2) is 0 Å². The van der Waals surface area contributed by atoms with Gasteiger partial charge in [0.25, 0.3) is 0 Å². The number of Topliss-reactive ketones (excluding diaryl/α,β-unsaturated/α-hetero) is 1. The number of aromatic nitrogens is 1. The Hall–Kier alpha value is -3.75. The minimum Gasteiger partial charge on any atom is -0.444 e. The highest BCUT2D eigenvalue weighted by atomic mass is 16.6. The quantitative estimate of drug-likeness (QED) is 0.585. The van der Waals surface area contributed by atoms with E-state index in [-0.39, 0.29) is 30.1 Å². The molecule has 1 aliphatic heterocycles. The van der Waals surface area contributed by atoms with E-state index in [1.165, 1.54) is 11.1 Å². The summed E-state index contributed by atoms with van der Waals surface area (Å²) in [5, 5.41) is 5.18. The lowest BCUT2D eigenvalue weighted by Crippen LogP contribution is -2.48. The molecule has 9 nitrogen and oxygen atoms in total. The van der Waals surface area contributed by atoms with Crippen LogP contribution < -0.4 is 10.6 Å². The Morgan fingerprint density at radius 2 is 1.78 bits per heavy atom. The molecule has 192 valence electrons. The van der Waals surface area contributed by atoms with Crippen LogP contribution in [0, 0.1) is 12.8 Å². The Morgan fingerprint density at radius 3 is 2.39 bits per heavy atom. The zero-order valence-electron chi connectivity index (χ0n) is 21.5. The molecular weight excluding hydrogens is 460 g/mol. The summed E-state index contributed by atoms with van der Waals surface area (Å²) in [4.78, 5) is 56.3. The molecule has 0 aliphatic carbocycles. The lowest BCUT2D eigenvalue weighted by atomic mass is 9.86. The summed E-state index contributed by atoms with van der Waals surface area (Å²) >= 11 is 0. The van der Waals surface area contributed by atoms with Gasteiger partial charge < -0.3 is 15.0 Å². The van der Waals surface area contributed by atoms with Gasteiger partial charge >= 0.3 is 17.9 Å². The first kappa shape index (κ1) is 26.8. The van der Waals surface area contributed by atoms with E-state index in [0.717, 1.165) is 5.56 Å². The maximum atomic E-state index is 13.3. The number of carbonyl (C=O) groups excluding carboxylic acids is 4. The summed E-state index contributed by atoms with van der Waals surface area (Å²) in [6, 6.07) is 10.9. The van der Waals surface area contributed by atoms with Crippen LogP contribution in [0.15, 0.2) is 42.6 Å². The fraction of sp³-hybridized carbons (Fsp3) is 0.444. The van der Waals surface area contributed by atoms with Crippen molar-refractivity contribution in [1.82, 2.24) is 9.88 Å². The van der Waals surface area contributed by atoms with Crippen LogP contribution in [0.3, 0.4) is 0 Å². The van der Waals surface area contributed by atoms with E-state index in [9.17, 15) is 19.2 Å². The van der Waals surface area contributed by atoms with Gasteiger partial charge in [-0.05, 0) is 57.7 Å². The maximum Gasteiger partial charge on any atom is 0.413 e. The van der Waals surface area contributed by atoms with Crippen molar-refractivity contribution < 1.29 is 23.9 Å². The van der Waals surface area contributed by atoms with Crippen molar-refractivity contribution in [3.8, 4) is 0 Å². The monoisotopic (exact) mass is 494 g/mol. The number of aryl methyl sites for hydroxylation is 1. The molecule has 1 aromatic heterocycles. The zero-order chi connectivity index (χ0) is 26.5. The molecule has 1 fully saturated rings. The van der Waals surface area contributed by atoms with Gasteiger partial charge in [0, 0.05) is 18.9 Å². The van der Waals surface area contributed by atoms with Crippen molar-refractivity contribution in [2.75, 3.05) is 17.2 Å². The number of nitrogens with zero attached hydrogens (tertiary/aromatic N) is 2. The lowest BCUT2D eigenvalue weighted by molar-refractivity contribution is -0.147. The predicted octanol–water partition coefficient (Wildman–Crippen LogP) is 4.63. The number of likely N-dealkylation sites (tertiary alicyclic amines) is 1. The number of ether oxygens (including phenoxy) is 1. The third kappa shape index (κ3) is 6.90. The van der Waals surface area contributed by atoms with Crippen molar-refractivity contribution in [3.63, 3.8) is 0 Å². The van der Waals surface area contributed by atoms with Gasteiger partial charge in [0.05, 0.1) is 17.9 Å². The first-order valence-corrected chi connectivity index (χ1v) is 12.1. The van der Waals surface area contributed by atoms with Crippen molar-refractivity contribution >= 4 is 35.2 Å². The van der Waals surface area contributed by atoms with Gasteiger partial charge in [-0.15, -0.1) is 0 Å². The van der Waals surface area contributed by atoms with Gasteiger partial charge in [0.2, 0.25) is 0 Å². The second kappa shape index (κ2) is 11.3. The van der Waals surface area contributed by atoms with Crippen LogP contribution in [0.2, 0.25) is 0 Å². The average molecular weight is 495 g/mol. The van der Waals surface area contributed by atoms with Crippen LogP contribution >= 0.6 is 0 Å². The highest BCUT2D eigenvalue weighted by molar-refractivity contribution is 6.39. The number of hydrogen-bond donors (Lipinski definition) is 2. The van der Waals surface area contributed by atoms with Gasteiger partial charge in [-0.3, -0.25) is 19.7 Å². The molecule has 3 amide bonds. The third-order valence-electron chi connectivity index (χ3n) is 5.98. The number of pyridine rings is 1. The summed E-state index contributed by atoms with van der Waals surface area (Å²) in [5.41, 5.74) is 1.17. The highest BCUT2D eigenvalue weighted by Gasteiger charge is 2.37. The third-order valence-corrected chi connectivity index (χ3v) is 5.98. The minimum atomic E-state index is -0.811. The molecule has 0 spiro atoms.